The first kappa shape index (κ1) is 12.5. The van der Waals surface area contributed by atoms with E-state index in [1.165, 1.54) is 17.0 Å². The van der Waals surface area contributed by atoms with Crippen molar-refractivity contribution in [1.82, 2.24) is 0 Å². The zero-order chi connectivity index (χ0) is 13.1. The molecule has 0 N–H and O–H groups in total. The van der Waals surface area contributed by atoms with Crippen molar-refractivity contribution < 1.29 is 13.9 Å². The van der Waals surface area contributed by atoms with E-state index < -0.39 is 0 Å². The normalized spacial score (nSPS) is 10.2. The van der Waals surface area contributed by atoms with Crippen molar-refractivity contribution in [2.45, 2.75) is 0 Å². The quantitative estimate of drug-likeness (QED) is 0.856. The Morgan fingerprint density at radius 2 is 2.00 bits per heavy atom. The number of methoxy groups -OCH3 is 1. The van der Waals surface area contributed by atoms with E-state index in [9.17, 15) is 4.79 Å². The lowest BCUT2D eigenvalue weighted by Gasteiger charge is -2.18. The van der Waals surface area contributed by atoms with Crippen LogP contribution in [0.15, 0.2) is 40.8 Å². The standard InChI is InChI=1S/C13H12ClNO3/c1-15(9-5-3-4-6-10(9)17-2)13(16)11-7-8-12(14)18-11/h3-8H,1-2H3. The summed E-state index contributed by atoms with van der Waals surface area (Å²) in [4.78, 5) is 13.6. The lowest BCUT2D eigenvalue weighted by atomic mass is 10.2. The summed E-state index contributed by atoms with van der Waals surface area (Å²) in [5.74, 6) is 0.519. The molecule has 1 aromatic heterocycles. The molecular weight excluding hydrogens is 254 g/mol. The molecule has 0 unspecified atom stereocenters. The first-order chi connectivity index (χ1) is 8.63. The molecule has 0 aliphatic heterocycles. The van der Waals surface area contributed by atoms with Gasteiger partial charge in [0.15, 0.2) is 11.0 Å². The molecule has 94 valence electrons. The SMILES string of the molecule is COc1ccccc1N(C)C(=O)c1ccc(Cl)o1. The van der Waals surface area contributed by atoms with Crippen LogP contribution in [0.3, 0.4) is 0 Å². The fraction of sp³-hybridized carbons (Fsp3) is 0.154. The van der Waals surface area contributed by atoms with Crippen LogP contribution in [0.2, 0.25) is 5.22 Å². The summed E-state index contributed by atoms with van der Waals surface area (Å²) in [7, 11) is 3.21. The second-order valence-corrected chi connectivity index (χ2v) is 4.01. The number of carbonyl (C=O) groups is 1. The maximum atomic E-state index is 12.1. The summed E-state index contributed by atoms with van der Waals surface area (Å²) in [6.07, 6.45) is 0. The number of rotatable bonds is 3. The first-order valence-corrected chi connectivity index (χ1v) is 5.67. The van der Waals surface area contributed by atoms with E-state index in [4.69, 9.17) is 20.8 Å². The van der Waals surface area contributed by atoms with Crippen molar-refractivity contribution in [2.75, 3.05) is 19.1 Å². The fourth-order valence-electron chi connectivity index (χ4n) is 1.61. The van der Waals surface area contributed by atoms with Crippen molar-refractivity contribution in [3.05, 3.63) is 47.4 Å². The number of para-hydroxylation sites is 2. The number of ether oxygens (including phenoxy) is 1. The summed E-state index contributed by atoms with van der Waals surface area (Å²) >= 11 is 5.65. The Labute approximate surface area is 110 Å². The van der Waals surface area contributed by atoms with Gasteiger partial charge >= 0.3 is 0 Å². The van der Waals surface area contributed by atoms with Gasteiger partial charge in [-0.25, -0.2) is 0 Å². The molecule has 0 aliphatic carbocycles. The van der Waals surface area contributed by atoms with Gasteiger partial charge in [-0.05, 0) is 35.9 Å². The third kappa shape index (κ3) is 2.33. The number of hydrogen-bond donors (Lipinski definition) is 0. The molecule has 0 bridgehead atoms. The smallest absolute Gasteiger partial charge is 0.293 e. The van der Waals surface area contributed by atoms with Crippen LogP contribution in [0, 0.1) is 0 Å². The van der Waals surface area contributed by atoms with Crippen LogP contribution in [0.25, 0.3) is 0 Å². The summed E-state index contributed by atoms with van der Waals surface area (Å²) in [5, 5.41) is 0.187. The third-order valence-electron chi connectivity index (χ3n) is 2.54. The van der Waals surface area contributed by atoms with Crippen molar-refractivity contribution >= 4 is 23.2 Å². The topological polar surface area (TPSA) is 42.7 Å². The Bertz CT molecular complexity index is 565. The van der Waals surface area contributed by atoms with Gasteiger partial charge in [0.25, 0.3) is 5.91 Å². The molecule has 2 aromatic rings. The van der Waals surface area contributed by atoms with Crippen LogP contribution in [0.4, 0.5) is 5.69 Å². The molecule has 0 saturated heterocycles. The van der Waals surface area contributed by atoms with Gasteiger partial charge in [-0.3, -0.25) is 4.79 Å². The molecule has 0 radical (unpaired) electrons. The maximum Gasteiger partial charge on any atom is 0.293 e. The molecule has 1 heterocycles. The van der Waals surface area contributed by atoms with E-state index in [1.54, 1.807) is 26.3 Å². The summed E-state index contributed by atoms with van der Waals surface area (Å²) in [5.41, 5.74) is 0.664. The highest BCUT2D eigenvalue weighted by atomic mass is 35.5. The Hall–Kier alpha value is -1.94. The van der Waals surface area contributed by atoms with Crippen LogP contribution in [-0.4, -0.2) is 20.1 Å². The average Bonchev–Trinajstić information content (AvgIpc) is 2.83. The predicted molar refractivity (Wildman–Crippen MR) is 69.4 cm³/mol. The van der Waals surface area contributed by atoms with Crippen LogP contribution in [0.5, 0.6) is 5.75 Å². The molecule has 1 aromatic carbocycles. The van der Waals surface area contributed by atoms with E-state index in [0.717, 1.165) is 0 Å². The lowest BCUT2D eigenvalue weighted by Crippen LogP contribution is -2.26. The number of anilines is 1. The molecule has 5 heteroatoms. The van der Waals surface area contributed by atoms with Gasteiger partial charge in [0, 0.05) is 7.05 Å². The maximum absolute atomic E-state index is 12.1. The third-order valence-corrected chi connectivity index (χ3v) is 2.74. The number of amides is 1. The van der Waals surface area contributed by atoms with Crippen LogP contribution < -0.4 is 9.64 Å². The number of hydrogen-bond acceptors (Lipinski definition) is 3. The zero-order valence-electron chi connectivity index (χ0n) is 10.0. The predicted octanol–water partition coefficient (Wildman–Crippen LogP) is 3.22. The Kier molecular flexibility index (Phi) is 3.58. The minimum absolute atomic E-state index is 0.187. The van der Waals surface area contributed by atoms with Gasteiger partial charge < -0.3 is 14.1 Å². The first-order valence-electron chi connectivity index (χ1n) is 5.30. The Morgan fingerprint density at radius 3 is 2.61 bits per heavy atom. The molecule has 18 heavy (non-hydrogen) atoms. The highest BCUT2D eigenvalue weighted by molar-refractivity contribution is 6.29. The largest absolute Gasteiger partial charge is 0.495 e. The second kappa shape index (κ2) is 5.14. The summed E-state index contributed by atoms with van der Waals surface area (Å²) in [6, 6.07) is 10.3. The van der Waals surface area contributed by atoms with Gasteiger partial charge in [0.05, 0.1) is 12.8 Å². The Morgan fingerprint density at radius 1 is 1.28 bits per heavy atom. The van der Waals surface area contributed by atoms with Crippen molar-refractivity contribution in [3.63, 3.8) is 0 Å². The van der Waals surface area contributed by atoms with E-state index in [0.29, 0.717) is 11.4 Å². The average molecular weight is 266 g/mol. The lowest BCUT2D eigenvalue weighted by molar-refractivity contribution is 0.0966. The van der Waals surface area contributed by atoms with Crippen molar-refractivity contribution in [3.8, 4) is 5.75 Å². The highest BCUT2D eigenvalue weighted by Crippen LogP contribution is 2.28. The molecule has 0 aliphatic rings. The van der Waals surface area contributed by atoms with Crippen molar-refractivity contribution in [2.24, 2.45) is 0 Å². The second-order valence-electron chi connectivity index (χ2n) is 3.64. The van der Waals surface area contributed by atoms with Gasteiger partial charge in [-0.2, -0.15) is 0 Å². The number of carbonyl (C=O) groups excluding carboxylic acids is 1. The zero-order valence-corrected chi connectivity index (χ0v) is 10.8. The molecular formula is C13H12ClNO3. The van der Waals surface area contributed by atoms with Gasteiger partial charge in [0.2, 0.25) is 0 Å². The highest BCUT2D eigenvalue weighted by Gasteiger charge is 2.19. The number of nitrogens with zero attached hydrogens (tertiary/aromatic N) is 1. The van der Waals surface area contributed by atoms with Crippen molar-refractivity contribution in [1.29, 1.82) is 0 Å². The monoisotopic (exact) mass is 265 g/mol. The van der Waals surface area contributed by atoms with E-state index in [-0.39, 0.29) is 16.9 Å². The molecule has 0 spiro atoms. The minimum Gasteiger partial charge on any atom is -0.495 e. The molecule has 0 saturated carbocycles. The van der Waals surface area contributed by atoms with E-state index in [2.05, 4.69) is 0 Å². The molecule has 1 amide bonds. The fourth-order valence-corrected chi connectivity index (χ4v) is 1.76. The number of benzene rings is 1. The van der Waals surface area contributed by atoms with Gasteiger partial charge in [0.1, 0.15) is 5.75 Å². The Balaban J connectivity index is 2.31. The molecule has 0 fully saturated rings. The van der Waals surface area contributed by atoms with Crippen LogP contribution in [0.1, 0.15) is 10.6 Å². The van der Waals surface area contributed by atoms with Gasteiger partial charge in [-0.1, -0.05) is 12.1 Å². The van der Waals surface area contributed by atoms with E-state index in [1.807, 2.05) is 12.1 Å². The molecule has 0 atom stereocenters. The molecule has 2 rings (SSSR count). The number of halogens is 1. The molecule has 4 nitrogen and oxygen atoms in total. The summed E-state index contributed by atoms with van der Waals surface area (Å²) < 4.78 is 10.3. The number of furan rings is 1. The van der Waals surface area contributed by atoms with E-state index >= 15 is 0 Å². The van der Waals surface area contributed by atoms with Gasteiger partial charge in [-0.15, -0.1) is 0 Å². The summed E-state index contributed by atoms with van der Waals surface area (Å²) in [6.45, 7) is 0. The minimum atomic E-state index is -0.286. The van der Waals surface area contributed by atoms with Crippen LogP contribution >= 0.6 is 11.6 Å². The van der Waals surface area contributed by atoms with Crippen LogP contribution in [-0.2, 0) is 0 Å².